The second-order valence-corrected chi connectivity index (χ2v) is 4.94. The first kappa shape index (κ1) is 11.6. The minimum absolute atomic E-state index is 0.324. The van der Waals surface area contributed by atoms with Crippen molar-refractivity contribution >= 4 is 0 Å². The quantitative estimate of drug-likeness (QED) is 0.568. The van der Waals surface area contributed by atoms with E-state index in [2.05, 4.69) is 6.07 Å². The van der Waals surface area contributed by atoms with Crippen molar-refractivity contribution in [3.8, 4) is 0 Å². The summed E-state index contributed by atoms with van der Waals surface area (Å²) in [5.74, 6) is 0. The van der Waals surface area contributed by atoms with Gasteiger partial charge in [-0.25, -0.2) is 4.89 Å². The van der Waals surface area contributed by atoms with Gasteiger partial charge in [-0.2, -0.15) is 4.89 Å². The van der Waals surface area contributed by atoms with Crippen LogP contribution in [0.3, 0.4) is 0 Å². The summed E-state index contributed by atoms with van der Waals surface area (Å²) in [4.78, 5) is 10.7. The molecule has 0 spiro atoms. The third kappa shape index (κ3) is 2.82. The summed E-state index contributed by atoms with van der Waals surface area (Å²) in [5, 5.41) is 0. The van der Waals surface area contributed by atoms with E-state index in [1.54, 1.807) is 0 Å². The van der Waals surface area contributed by atoms with Crippen molar-refractivity contribution < 1.29 is 14.5 Å². The highest BCUT2D eigenvalue weighted by Gasteiger charge is 2.24. The van der Waals surface area contributed by atoms with Gasteiger partial charge in [-0.05, 0) is 32.8 Å². The van der Waals surface area contributed by atoms with Gasteiger partial charge in [0.05, 0.1) is 12.2 Å². The molecule has 1 aromatic rings. The summed E-state index contributed by atoms with van der Waals surface area (Å²) in [7, 11) is 0. The molecule has 1 aromatic carbocycles. The van der Waals surface area contributed by atoms with Gasteiger partial charge in [-0.1, -0.05) is 24.3 Å². The molecule has 3 heteroatoms. The van der Waals surface area contributed by atoms with Crippen LogP contribution in [0.4, 0.5) is 0 Å². The summed E-state index contributed by atoms with van der Waals surface area (Å²) in [6, 6.07) is 8.14. The highest BCUT2D eigenvalue weighted by atomic mass is 17.2. The second kappa shape index (κ2) is 4.53. The van der Waals surface area contributed by atoms with E-state index in [0.29, 0.717) is 6.61 Å². The third-order valence-corrected chi connectivity index (χ3v) is 2.34. The van der Waals surface area contributed by atoms with E-state index >= 15 is 0 Å². The third-order valence-electron chi connectivity index (χ3n) is 2.34. The van der Waals surface area contributed by atoms with Crippen LogP contribution in [0, 0.1) is 0 Å². The molecular formula is C13H18O3. The highest BCUT2D eigenvalue weighted by Crippen LogP contribution is 2.29. The Morgan fingerprint density at radius 3 is 2.75 bits per heavy atom. The van der Waals surface area contributed by atoms with E-state index in [0.717, 1.165) is 12.0 Å². The van der Waals surface area contributed by atoms with Gasteiger partial charge in [0.1, 0.15) is 0 Å². The van der Waals surface area contributed by atoms with Gasteiger partial charge < -0.3 is 4.74 Å². The fourth-order valence-electron chi connectivity index (χ4n) is 1.63. The minimum atomic E-state index is -0.399. The van der Waals surface area contributed by atoms with Gasteiger partial charge in [0.25, 0.3) is 0 Å². The van der Waals surface area contributed by atoms with Crippen molar-refractivity contribution in [2.45, 2.75) is 39.1 Å². The van der Waals surface area contributed by atoms with E-state index in [1.807, 2.05) is 39.0 Å². The first-order valence-corrected chi connectivity index (χ1v) is 5.60. The first-order valence-electron chi connectivity index (χ1n) is 5.60. The Balaban J connectivity index is 2.07. The van der Waals surface area contributed by atoms with Crippen LogP contribution in [0.5, 0.6) is 0 Å². The standard InChI is InChI=1S/C13H18O3/c1-13(2,3)16-15-12-11-7-5-4-6-10(11)8-9-14-12/h4-7,12H,8-9H2,1-3H3. The SMILES string of the molecule is CC(C)(C)OOC1OCCc2ccccc21. The maximum absolute atomic E-state index is 5.55. The Morgan fingerprint density at radius 2 is 2.00 bits per heavy atom. The van der Waals surface area contributed by atoms with Crippen LogP contribution in [0.15, 0.2) is 24.3 Å². The number of hydrogen-bond acceptors (Lipinski definition) is 3. The van der Waals surface area contributed by atoms with Crippen LogP contribution in [-0.2, 0) is 20.9 Å². The molecule has 88 valence electrons. The van der Waals surface area contributed by atoms with E-state index in [1.165, 1.54) is 5.56 Å². The molecule has 3 nitrogen and oxygen atoms in total. The molecule has 1 aliphatic heterocycles. The molecule has 2 rings (SSSR count). The molecule has 1 aliphatic rings. The van der Waals surface area contributed by atoms with E-state index in [9.17, 15) is 0 Å². The van der Waals surface area contributed by atoms with Gasteiger partial charge in [-0.3, -0.25) is 0 Å². The summed E-state index contributed by atoms with van der Waals surface area (Å²) < 4.78 is 5.55. The lowest BCUT2D eigenvalue weighted by atomic mass is 10.0. The average Bonchev–Trinajstić information content (AvgIpc) is 2.25. The summed E-state index contributed by atoms with van der Waals surface area (Å²) in [5.41, 5.74) is 2.02. The number of benzene rings is 1. The van der Waals surface area contributed by atoms with Crippen molar-refractivity contribution in [1.82, 2.24) is 0 Å². The maximum Gasteiger partial charge on any atom is 0.217 e. The van der Waals surface area contributed by atoms with Gasteiger partial charge in [-0.15, -0.1) is 0 Å². The van der Waals surface area contributed by atoms with Crippen LogP contribution in [-0.4, -0.2) is 12.2 Å². The molecule has 16 heavy (non-hydrogen) atoms. The minimum Gasteiger partial charge on any atom is -0.346 e. The number of hydrogen-bond donors (Lipinski definition) is 0. The lowest BCUT2D eigenvalue weighted by Gasteiger charge is -2.27. The summed E-state index contributed by atoms with van der Waals surface area (Å²) >= 11 is 0. The lowest BCUT2D eigenvalue weighted by molar-refractivity contribution is -0.422. The van der Waals surface area contributed by atoms with Gasteiger partial charge in [0, 0.05) is 5.56 Å². The Labute approximate surface area is 96.3 Å². The zero-order valence-corrected chi connectivity index (χ0v) is 10.0. The largest absolute Gasteiger partial charge is 0.346 e. The number of fused-ring (bicyclic) bond motifs is 1. The second-order valence-electron chi connectivity index (χ2n) is 4.94. The molecule has 0 saturated heterocycles. The molecule has 1 heterocycles. The summed E-state index contributed by atoms with van der Waals surface area (Å²) in [6.45, 7) is 6.51. The zero-order valence-electron chi connectivity index (χ0n) is 10.0. The van der Waals surface area contributed by atoms with E-state index in [-0.39, 0.29) is 5.60 Å². The van der Waals surface area contributed by atoms with Crippen molar-refractivity contribution in [2.24, 2.45) is 0 Å². The summed E-state index contributed by atoms with van der Waals surface area (Å²) in [6.07, 6.45) is 0.537. The van der Waals surface area contributed by atoms with E-state index < -0.39 is 6.29 Å². The van der Waals surface area contributed by atoms with Crippen molar-refractivity contribution in [1.29, 1.82) is 0 Å². The molecule has 0 aliphatic carbocycles. The predicted octanol–water partition coefficient (Wildman–Crippen LogP) is 3.00. The molecule has 0 N–H and O–H groups in total. The predicted molar refractivity (Wildman–Crippen MR) is 60.8 cm³/mol. The van der Waals surface area contributed by atoms with Crippen LogP contribution >= 0.6 is 0 Å². The molecule has 0 fully saturated rings. The zero-order chi connectivity index (χ0) is 11.6. The van der Waals surface area contributed by atoms with Gasteiger partial charge >= 0.3 is 0 Å². The average molecular weight is 222 g/mol. The Bertz CT molecular complexity index is 354. The highest BCUT2D eigenvalue weighted by molar-refractivity contribution is 5.29. The van der Waals surface area contributed by atoms with Crippen molar-refractivity contribution in [2.75, 3.05) is 6.61 Å². The van der Waals surface area contributed by atoms with Gasteiger partial charge in [0.15, 0.2) is 0 Å². The van der Waals surface area contributed by atoms with Gasteiger partial charge in [0.2, 0.25) is 6.29 Å². The molecule has 0 saturated carbocycles. The molecule has 0 amide bonds. The van der Waals surface area contributed by atoms with Crippen LogP contribution in [0.25, 0.3) is 0 Å². The smallest absolute Gasteiger partial charge is 0.217 e. The molecular weight excluding hydrogens is 204 g/mol. The molecule has 0 bridgehead atoms. The normalized spacial score (nSPS) is 20.6. The maximum atomic E-state index is 5.55. The fourth-order valence-corrected chi connectivity index (χ4v) is 1.63. The molecule has 0 radical (unpaired) electrons. The van der Waals surface area contributed by atoms with Crippen molar-refractivity contribution in [3.05, 3.63) is 35.4 Å². The molecule has 1 unspecified atom stereocenters. The van der Waals surface area contributed by atoms with E-state index in [4.69, 9.17) is 14.5 Å². The van der Waals surface area contributed by atoms with Crippen LogP contribution < -0.4 is 0 Å². The lowest BCUT2D eigenvalue weighted by Crippen LogP contribution is -2.25. The molecule has 1 atom stereocenters. The monoisotopic (exact) mass is 222 g/mol. The first-order chi connectivity index (χ1) is 7.56. The molecule has 0 aromatic heterocycles. The Kier molecular flexibility index (Phi) is 3.28. The fraction of sp³-hybridized carbons (Fsp3) is 0.538. The Hall–Kier alpha value is -0.900. The van der Waals surface area contributed by atoms with Crippen molar-refractivity contribution in [3.63, 3.8) is 0 Å². The number of ether oxygens (including phenoxy) is 1. The van der Waals surface area contributed by atoms with Crippen LogP contribution in [0.1, 0.15) is 38.2 Å². The Morgan fingerprint density at radius 1 is 1.25 bits per heavy atom. The van der Waals surface area contributed by atoms with Crippen LogP contribution in [0.2, 0.25) is 0 Å². The number of rotatable bonds is 2. The topological polar surface area (TPSA) is 27.7 Å².